The van der Waals surface area contributed by atoms with Crippen molar-refractivity contribution < 1.29 is 10.5 Å². The predicted molar refractivity (Wildman–Crippen MR) is 108 cm³/mol. The molecule has 0 aromatic rings. The fourth-order valence-electron chi connectivity index (χ4n) is 1.10. The van der Waals surface area contributed by atoms with Gasteiger partial charge in [0, 0.05) is 25.6 Å². The van der Waals surface area contributed by atoms with Crippen LogP contribution in [0.1, 0.15) is 22.1 Å². The van der Waals surface area contributed by atoms with E-state index in [1.54, 1.807) is 38.4 Å². The van der Waals surface area contributed by atoms with Gasteiger partial charge in [0.15, 0.2) is 0 Å². The highest BCUT2D eigenvalue weighted by Gasteiger charge is 2.10. The molecule has 0 atom stereocenters. The molecule has 0 saturated carbocycles. The van der Waals surface area contributed by atoms with E-state index in [0.717, 1.165) is 18.7 Å². The van der Waals surface area contributed by atoms with Gasteiger partial charge in [-0.15, -0.1) is 0 Å². The smallest absolute Gasteiger partial charge is 0.0819 e. The van der Waals surface area contributed by atoms with Crippen LogP contribution in [0.2, 0.25) is 0 Å². The van der Waals surface area contributed by atoms with E-state index in [9.17, 15) is 9.13 Å². The summed E-state index contributed by atoms with van der Waals surface area (Å²) in [6.45, 7) is 12.9. The molecule has 0 bridgehead atoms. The summed E-state index contributed by atoms with van der Waals surface area (Å²) < 4.78 is 31.3. The van der Waals surface area contributed by atoms with Gasteiger partial charge in [0.05, 0.1) is 15.7 Å². The molecule has 0 rings (SSSR count). The first-order chi connectivity index (χ1) is 9.04. The SMILES string of the molecule is C.CP(C)(=O)CCCP(C)(C)=O.[2H]C(C)=NN(C)P(=C)(C)C. The molecule has 0 radical (unpaired) electrons. The molecule has 130 valence electrons. The maximum Gasteiger partial charge on any atom is 0.0819 e. The largest absolute Gasteiger partial charge is 0.324 e. The van der Waals surface area contributed by atoms with Crippen LogP contribution in [-0.4, -0.2) is 76.6 Å². The Morgan fingerprint density at radius 2 is 1.43 bits per heavy atom. The summed E-state index contributed by atoms with van der Waals surface area (Å²) in [5, 5.41) is 3.95. The van der Waals surface area contributed by atoms with Crippen molar-refractivity contribution >= 4 is 33.8 Å². The second-order valence-electron chi connectivity index (χ2n) is 6.38. The first-order valence-corrected chi connectivity index (χ1v) is 15.0. The minimum absolute atomic E-state index is 0. The number of hydrogen-bond donors (Lipinski definition) is 0. The summed E-state index contributed by atoms with van der Waals surface area (Å²) in [4.78, 5) is 0. The van der Waals surface area contributed by atoms with Crippen LogP contribution in [0.15, 0.2) is 5.10 Å². The number of rotatable bonds is 6. The first-order valence-electron chi connectivity index (χ1n) is 7.07. The van der Waals surface area contributed by atoms with E-state index >= 15 is 0 Å². The fraction of sp³-hybridized carbons (Fsp3) is 0.857. The lowest BCUT2D eigenvalue weighted by Crippen LogP contribution is -2.05. The Morgan fingerprint density at radius 3 is 1.57 bits per heavy atom. The third-order valence-electron chi connectivity index (χ3n) is 2.42. The van der Waals surface area contributed by atoms with Crippen molar-refractivity contribution in [1.82, 2.24) is 4.78 Å². The van der Waals surface area contributed by atoms with Crippen molar-refractivity contribution in [1.29, 1.82) is 0 Å². The lowest BCUT2D eigenvalue weighted by atomic mass is 10.6. The summed E-state index contributed by atoms with van der Waals surface area (Å²) in [7, 11) is -3.17. The van der Waals surface area contributed by atoms with Crippen LogP contribution in [-0.2, 0) is 9.13 Å². The van der Waals surface area contributed by atoms with Crippen LogP contribution in [0.4, 0.5) is 0 Å². The van der Waals surface area contributed by atoms with Crippen molar-refractivity contribution in [2.75, 3.05) is 59.4 Å². The van der Waals surface area contributed by atoms with E-state index in [1.807, 2.05) is 7.05 Å². The Labute approximate surface area is 135 Å². The van der Waals surface area contributed by atoms with Gasteiger partial charge in [0.25, 0.3) is 0 Å². The van der Waals surface area contributed by atoms with Gasteiger partial charge in [-0.25, -0.2) is 0 Å². The first kappa shape index (κ1) is 23.5. The normalized spacial score (nSPS) is 13.5. The van der Waals surface area contributed by atoms with E-state index in [-0.39, 0.29) is 7.43 Å². The summed E-state index contributed by atoms with van der Waals surface area (Å²) in [5.41, 5.74) is 0. The average Bonchev–Trinajstić information content (AvgIpc) is 2.10. The molecule has 21 heavy (non-hydrogen) atoms. The van der Waals surface area contributed by atoms with Gasteiger partial charge in [0.1, 0.15) is 0 Å². The van der Waals surface area contributed by atoms with Crippen molar-refractivity contribution in [2.24, 2.45) is 5.10 Å². The Bertz CT molecular complexity index is 448. The van der Waals surface area contributed by atoms with Crippen LogP contribution >= 0.6 is 21.3 Å². The minimum Gasteiger partial charge on any atom is -0.324 e. The summed E-state index contributed by atoms with van der Waals surface area (Å²) in [6, 6.07) is 0. The standard InChI is InChI=1S/C7H18O2P2.C6H15N2P.CH4/c1-10(2,8)6-5-7-11(3,4)9;1-6-7-8(2)9(3,4)5;/h5-7H2,1-4H3;6H,3H2,1-2,4-5H3;1H4/i;6D;. The molecule has 4 nitrogen and oxygen atoms in total. The molecule has 0 saturated heterocycles. The van der Waals surface area contributed by atoms with Gasteiger partial charge < -0.3 is 9.13 Å². The Hall–Kier alpha value is 0.230. The Balaban J connectivity index is -0.000000315. The van der Waals surface area contributed by atoms with Gasteiger partial charge in [0.2, 0.25) is 0 Å². The Kier molecular flexibility index (Phi) is 12.2. The van der Waals surface area contributed by atoms with E-state index in [1.165, 1.54) is 0 Å². The van der Waals surface area contributed by atoms with Crippen molar-refractivity contribution in [2.45, 2.75) is 20.8 Å². The molecule has 0 aromatic carbocycles. The molecule has 0 amide bonds. The second kappa shape index (κ2) is 10.9. The lowest BCUT2D eigenvalue weighted by molar-refractivity contribution is 0.578. The lowest BCUT2D eigenvalue weighted by Gasteiger charge is -2.23. The molecule has 0 aromatic heterocycles. The zero-order valence-corrected chi connectivity index (χ0v) is 17.1. The highest BCUT2D eigenvalue weighted by atomic mass is 31.2. The molecule has 0 fully saturated rings. The maximum atomic E-state index is 11.2. The molecular weight excluding hydrogens is 321 g/mol. The molecule has 0 aliphatic carbocycles. The molecule has 7 heteroatoms. The average molecular weight is 359 g/mol. The van der Waals surface area contributed by atoms with Gasteiger partial charge in [-0.3, -0.25) is 4.78 Å². The Morgan fingerprint density at radius 1 is 1.10 bits per heavy atom. The number of hydrogen-bond acceptors (Lipinski definition) is 4. The van der Waals surface area contributed by atoms with Crippen LogP contribution in [0, 0.1) is 0 Å². The van der Waals surface area contributed by atoms with Crippen LogP contribution in [0.3, 0.4) is 0 Å². The van der Waals surface area contributed by atoms with Gasteiger partial charge >= 0.3 is 0 Å². The van der Waals surface area contributed by atoms with Gasteiger partial charge in [-0.2, -0.15) is 5.10 Å². The summed E-state index contributed by atoms with van der Waals surface area (Å²) >= 11 is 0. The number of nitrogens with zero attached hydrogens (tertiary/aromatic N) is 2. The van der Waals surface area contributed by atoms with Crippen LogP contribution in [0.25, 0.3) is 0 Å². The van der Waals surface area contributed by atoms with Crippen molar-refractivity contribution in [3.05, 3.63) is 0 Å². The predicted octanol–water partition coefficient (Wildman–Crippen LogP) is 4.81. The molecule has 0 heterocycles. The summed E-state index contributed by atoms with van der Waals surface area (Å²) in [6.07, 6.45) is 6.61. The van der Waals surface area contributed by atoms with E-state index in [4.69, 9.17) is 1.37 Å². The third-order valence-corrected chi connectivity index (χ3v) is 6.86. The van der Waals surface area contributed by atoms with Crippen molar-refractivity contribution in [3.63, 3.8) is 0 Å². The van der Waals surface area contributed by atoms with E-state index in [0.29, 0.717) is 6.19 Å². The molecular formula is C14H37N2O2P3. The van der Waals surface area contributed by atoms with Gasteiger partial charge in [-0.05, 0) is 60.4 Å². The molecule has 0 unspecified atom stereocenters. The second-order valence-corrected chi connectivity index (χ2v) is 17.4. The zero-order valence-electron chi connectivity index (χ0n) is 15.4. The molecule has 0 aliphatic rings. The maximum absolute atomic E-state index is 11.2. The number of hydrazone groups is 1. The molecule has 0 N–H and O–H groups in total. The van der Waals surface area contributed by atoms with Crippen LogP contribution in [0.5, 0.6) is 0 Å². The highest BCUT2D eigenvalue weighted by molar-refractivity contribution is 7.70. The summed E-state index contributed by atoms with van der Waals surface area (Å²) in [5.74, 6) is 0. The highest BCUT2D eigenvalue weighted by Crippen LogP contribution is 2.41. The minimum atomic E-state index is -1.87. The van der Waals surface area contributed by atoms with E-state index in [2.05, 4.69) is 24.7 Å². The van der Waals surface area contributed by atoms with Crippen LogP contribution < -0.4 is 0 Å². The quantitative estimate of drug-likeness (QED) is 0.389. The molecule has 0 aliphatic heterocycles. The topological polar surface area (TPSA) is 49.7 Å². The fourth-order valence-corrected chi connectivity index (χ4v) is 3.52. The van der Waals surface area contributed by atoms with Crippen molar-refractivity contribution in [3.8, 4) is 0 Å². The van der Waals surface area contributed by atoms with Gasteiger partial charge in [-0.1, -0.05) is 13.7 Å². The third kappa shape index (κ3) is 22.6. The monoisotopic (exact) mass is 359 g/mol. The zero-order chi connectivity index (χ0) is 17.5. The molecule has 0 spiro atoms. The van der Waals surface area contributed by atoms with E-state index < -0.39 is 21.3 Å².